The monoisotopic (exact) mass is 466 g/mol. The van der Waals surface area contributed by atoms with Gasteiger partial charge in [0.2, 0.25) is 5.91 Å². The maximum Gasteiger partial charge on any atom is 0.226 e. The Labute approximate surface area is 203 Å². The van der Waals surface area contributed by atoms with Gasteiger partial charge in [-0.15, -0.1) is 0 Å². The fourth-order valence-electron chi connectivity index (χ4n) is 5.23. The van der Waals surface area contributed by atoms with Gasteiger partial charge in [-0.3, -0.25) is 4.79 Å². The van der Waals surface area contributed by atoms with Gasteiger partial charge in [0.1, 0.15) is 5.75 Å². The first-order chi connectivity index (χ1) is 16.6. The highest BCUT2D eigenvalue weighted by Crippen LogP contribution is 2.36. The SMILES string of the molecule is COCCN1CC[C@@H](CNC(=O)C2(Cc3cccc(-c4cccc(OC)c4)c3)CCOCC2)C1. The number of carbonyl (C=O) groups excluding carboxylic acids is 1. The standard InChI is InChI=1S/C28H38N2O4/c1-32-16-13-30-12-9-23(21-30)20-29-27(31)28(10-14-34-15-11-28)19-22-5-3-6-24(17-22)25-7-4-8-26(18-25)33-2/h3-8,17-18,23H,9-16,19-21H2,1-2H3,(H,29,31)/t23-/m0/s1. The summed E-state index contributed by atoms with van der Waals surface area (Å²) in [5, 5.41) is 3.32. The first-order valence-corrected chi connectivity index (χ1v) is 12.4. The molecular formula is C28H38N2O4. The van der Waals surface area contributed by atoms with Crippen LogP contribution in [0, 0.1) is 11.3 Å². The molecule has 0 aliphatic carbocycles. The van der Waals surface area contributed by atoms with Crippen LogP contribution in [0.4, 0.5) is 0 Å². The molecule has 0 spiro atoms. The largest absolute Gasteiger partial charge is 0.497 e. The molecule has 1 amide bonds. The molecule has 0 unspecified atom stereocenters. The van der Waals surface area contributed by atoms with Gasteiger partial charge in [0.15, 0.2) is 0 Å². The van der Waals surface area contributed by atoms with Crippen molar-refractivity contribution in [1.82, 2.24) is 10.2 Å². The Balaban J connectivity index is 1.43. The van der Waals surface area contributed by atoms with E-state index in [9.17, 15) is 4.79 Å². The summed E-state index contributed by atoms with van der Waals surface area (Å²) in [6.07, 6.45) is 3.37. The molecule has 0 bridgehead atoms. The Morgan fingerprint density at radius 3 is 2.65 bits per heavy atom. The summed E-state index contributed by atoms with van der Waals surface area (Å²) in [5.41, 5.74) is 3.02. The number of likely N-dealkylation sites (tertiary alicyclic amines) is 1. The Kier molecular flexibility index (Phi) is 8.59. The van der Waals surface area contributed by atoms with Crippen molar-refractivity contribution in [3.8, 4) is 16.9 Å². The normalized spacial score (nSPS) is 20.2. The van der Waals surface area contributed by atoms with E-state index in [4.69, 9.17) is 14.2 Å². The quantitative estimate of drug-likeness (QED) is 0.577. The summed E-state index contributed by atoms with van der Waals surface area (Å²) in [6.45, 7) is 5.86. The smallest absolute Gasteiger partial charge is 0.226 e. The number of amides is 1. The van der Waals surface area contributed by atoms with E-state index < -0.39 is 5.41 Å². The maximum absolute atomic E-state index is 13.6. The second-order valence-corrected chi connectivity index (χ2v) is 9.66. The Morgan fingerprint density at radius 2 is 1.88 bits per heavy atom. The number of hydrogen-bond donors (Lipinski definition) is 1. The average molecular weight is 467 g/mol. The van der Waals surface area contributed by atoms with Crippen molar-refractivity contribution in [2.24, 2.45) is 11.3 Å². The number of nitrogens with one attached hydrogen (secondary N) is 1. The van der Waals surface area contributed by atoms with Crippen LogP contribution in [-0.2, 0) is 20.7 Å². The van der Waals surface area contributed by atoms with Crippen LogP contribution in [0.1, 0.15) is 24.8 Å². The molecule has 2 saturated heterocycles. The van der Waals surface area contributed by atoms with E-state index in [1.807, 2.05) is 18.2 Å². The van der Waals surface area contributed by atoms with Crippen LogP contribution in [0.3, 0.4) is 0 Å². The molecule has 0 radical (unpaired) electrons. The van der Waals surface area contributed by atoms with E-state index in [1.54, 1.807) is 14.2 Å². The molecule has 0 aromatic heterocycles. The van der Waals surface area contributed by atoms with Crippen molar-refractivity contribution in [1.29, 1.82) is 0 Å². The summed E-state index contributed by atoms with van der Waals surface area (Å²) in [6, 6.07) is 16.7. The van der Waals surface area contributed by atoms with Crippen molar-refractivity contribution in [2.75, 3.05) is 60.2 Å². The molecule has 0 saturated carbocycles. The Bertz CT molecular complexity index is 942. The van der Waals surface area contributed by atoms with Gasteiger partial charge >= 0.3 is 0 Å². The van der Waals surface area contributed by atoms with E-state index in [0.717, 1.165) is 75.3 Å². The van der Waals surface area contributed by atoms with Crippen molar-refractivity contribution in [3.05, 3.63) is 54.1 Å². The van der Waals surface area contributed by atoms with E-state index in [-0.39, 0.29) is 5.91 Å². The third-order valence-electron chi connectivity index (χ3n) is 7.34. The topological polar surface area (TPSA) is 60.0 Å². The van der Waals surface area contributed by atoms with E-state index >= 15 is 0 Å². The first kappa shape index (κ1) is 24.7. The minimum absolute atomic E-state index is 0.179. The molecule has 2 heterocycles. The summed E-state index contributed by atoms with van der Waals surface area (Å²) >= 11 is 0. The number of carbonyl (C=O) groups is 1. The molecule has 2 aromatic carbocycles. The van der Waals surface area contributed by atoms with Gasteiger partial charge in [-0.25, -0.2) is 0 Å². The molecule has 34 heavy (non-hydrogen) atoms. The van der Waals surface area contributed by atoms with Crippen LogP contribution < -0.4 is 10.1 Å². The second-order valence-electron chi connectivity index (χ2n) is 9.66. The summed E-state index contributed by atoms with van der Waals surface area (Å²) in [5.74, 6) is 1.53. The van der Waals surface area contributed by atoms with Gasteiger partial charge in [-0.2, -0.15) is 0 Å². The van der Waals surface area contributed by atoms with Crippen molar-refractivity contribution in [3.63, 3.8) is 0 Å². The molecule has 1 N–H and O–H groups in total. The fraction of sp³-hybridized carbons (Fsp3) is 0.536. The molecule has 184 valence electrons. The van der Waals surface area contributed by atoms with Gasteiger partial charge in [-0.05, 0) is 67.0 Å². The van der Waals surface area contributed by atoms with Crippen LogP contribution in [0.5, 0.6) is 5.75 Å². The van der Waals surface area contributed by atoms with Crippen molar-refractivity contribution < 1.29 is 19.0 Å². The van der Waals surface area contributed by atoms with Crippen molar-refractivity contribution in [2.45, 2.75) is 25.7 Å². The molecular weight excluding hydrogens is 428 g/mol. The summed E-state index contributed by atoms with van der Waals surface area (Å²) < 4.78 is 16.2. The van der Waals surface area contributed by atoms with Crippen LogP contribution >= 0.6 is 0 Å². The number of methoxy groups -OCH3 is 2. The van der Waals surface area contributed by atoms with Crippen LogP contribution in [0.25, 0.3) is 11.1 Å². The minimum atomic E-state index is -0.417. The molecule has 6 heteroatoms. The third kappa shape index (κ3) is 6.17. The first-order valence-electron chi connectivity index (χ1n) is 12.4. The number of ether oxygens (including phenoxy) is 3. The van der Waals surface area contributed by atoms with Crippen LogP contribution in [0.2, 0.25) is 0 Å². The van der Waals surface area contributed by atoms with E-state index in [1.165, 1.54) is 5.56 Å². The predicted molar refractivity (Wildman–Crippen MR) is 134 cm³/mol. The van der Waals surface area contributed by atoms with Gasteiger partial charge < -0.3 is 24.4 Å². The zero-order valence-electron chi connectivity index (χ0n) is 20.6. The second kappa shape index (κ2) is 11.8. The van der Waals surface area contributed by atoms with E-state index in [0.29, 0.717) is 19.1 Å². The highest BCUT2D eigenvalue weighted by atomic mass is 16.5. The third-order valence-corrected chi connectivity index (χ3v) is 7.34. The molecule has 2 fully saturated rings. The highest BCUT2D eigenvalue weighted by Gasteiger charge is 2.40. The van der Waals surface area contributed by atoms with Gasteiger partial charge in [0.05, 0.1) is 19.1 Å². The predicted octanol–water partition coefficient (Wildman–Crippen LogP) is 3.79. The lowest BCUT2D eigenvalue weighted by molar-refractivity contribution is -0.136. The number of nitrogens with zero attached hydrogens (tertiary/aromatic N) is 1. The van der Waals surface area contributed by atoms with E-state index in [2.05, 4.69) is 40.5 Å². The van der Waals surface area contributed by atoms with Crippen LogP contribution in [0.15, 0.2) is 48.5 Å². The van der Waals surface area contributed by atoms with Gasteiger partial charge in [0.25, 0.3) is 0 Å². The number of benzene rings is 2. The molecule has 2 aliphatic heterocycles. The van der Waals surface area contributed by atoms with Gasteiger partial charge in [-0.1, -0.05) is 36.4 Å². The molecule has 1 atom stereocenters. The average Bonchev–Trinajstić information content (AvgIpc) is 3.34. The molecule has 4 rings (SSSR count). The minimum Gasteiger partial charge on any atom is -0.497 e. The lowest BCUT2D eigenvalue weighted by atomic mass is 9.74. The van der Waals surface area contributed by atoms with Crippen molar-refractivity contribution >= 4 is 5.91 Å². The van der Waals surface area contributed by atoms with Crippen LogP contribution in [-0.4, -0.2) is 71.0 Å². The lowest BCUT2D eigenvalue weighted by Crippen LogP contribution is -2.47. The highest BCUT2D eigenvalue weighted by molar-refractivity contribution is 5.83. The summed E-state index contributed by atoms with van der Waals surface area (Å²) in [7, 11) is 3.43. The number of rotatable bonds is 10. The zero-order valence-corrected chi connectivity index (χ0v) is 20.6. The molecule has 2 aromatic rings. The molecule has 6 nitrogen and oxygen atoms in total. The molecule has 2 aliphatic rings. The lowest BCUT2D eigenvalue weighted by Gasteiger charge is -2.36. The van der Waals surface area contributed by atoms with Gasteiger partial charge in [0, 0.05) is 40.0 Å². The number of hydrogen-bond acceptors (Lipinski definition) is 5. The fourth-order valence-corrected chi connectivity index (χ4v) is 5.23. The Morgan fingerprint density at radius 1 is 1.12 bits per heavy atom. The summed E-state index contributed by atoms with van der Waals surface area (Å²) in [4.78, 5) is 16.0. The maximum atomic E-state index is 13.6. The Hall–Kier alpha value is -2.41. The zero-order chi connectivity index (χ0) is 23.8.